The standard InChI is InChI=1S/C16H19F4NO4/c1-9-7-10(17)5-6-11(9)12(13(22)23)21(8-16(18,19)20)14(24)25-15(2,3)4/h5-7,12H,8H2,1-4H3,(H,22,23). The number of carboxylic acid groups (broad SMARTS) is 1. The average Bonchev–Trinajstić information content (AvgIpc) is 2.36. The van der Waals surface area contributed by atoms with Crippen molar-refractivity contribution in [2.45, 2.75) is 45.5 Å². The molecule has 0 fully saturated rings. The highest BCUT2D eigenvalue weighted by Crippen LogP contribution is 2.30. The van der Waals surface area contributed by atoms with Gasteiger partial charge in [0, 0.05) is 0 Å². The van der Waals surface area contributed by atoms with Gasteiger partial charge in [-0.3, -0.25) is 4.90 Å². The van der Waals surface area contributed by atoms with Crippen molar-refractivity contribution in [3.8, 4) is 0 Å². The van der Waals surface area contributed by atoms with Crippen LogP contribution in [0, 0.1) is 12.7 Å². The van der Waals surface area contributed by atoms with Crippen molar-refractivity contribution in [3.05, 3.63) is 35.1 Å². The van der Waals surface area contributed by atoms with E-state index < -0.39 is 42.2 Å². The van der Waals surface area contributed by atoms with E-state index in [9.17, 15) is 32.3 Å². The van der Waals surface area contributed by atoms with Gasteiger partial charge in [-0.05, 0) is 51.0 Å². The zero-order valence-corrected chi connectivity index (χ0v) is 14.1. The van der Waals surface area contributed by atoms with Crippen LogP contribution in [0.2, 0.25) is 0 Å². The van der Waals surface area contributed by atoms with Gasteiger partial charge in [0.2, 0.25) is 0 Å². The van der Waals surface area contributed by atoms with Crippen molar-refractivity contribution in [2.75, 3.05) is 6.54 Å². The van der Waals surface area contributed by atoms with Crippen LogP contribution in [0.25, 0.3) is 0 Å². The molecule has 5 nitrogen and oxygen atoms in total. The summed E-state index contributed by atoms with van der Waals surface area (Å²) in [4.78, 5) is 23.9. The second-order valence-corrected chi connectivity index (χ2v) is 6.47. The van der Waals surface area contributed by atoms with Crippen molar-refractivity contribution >= 4 is 12.1 Å². The molecule has 0 heterocycles. The number of amides is 1. The minimum Gasteiger partial charge on any atom is -0.479 e. The van der Waals surface area contributed by atoms with Crippen LogP contribution in [0.4, 0.5) is 22.4 Å². The monoisotopic (exact) mass is 365 g/mol. The molecule has 0 aromatic heterocycles. The van der Waals surface area contributed by atoms with Gasteiger partial charge in [0.05, 0.1) is 0 Å². The molecule has 1 aromatic carbocycles. The summed E-state index contributed by atoms with van der Waals surface area (Å²) in [6, 6.07) is 0.958. The van der Waals surface area contributed by atoms with Crippen LogP contribution in [0.1, 0.15) is 37.9 Å². The lowest BCUT2D eigenvalue weighted by Crippen LogP contribution is -2.46. The molecule has 0 aliphatic rings. The Hall–Kier alpha value is -2.32. The molecule has 1 N–H and O–H groups in total. The van der Waals surface area contributed by atoms with Crippen LogP contribution in [-0.2, 0) is 9.53 Å². The molecule has 0 saturated carbocycles. The first kappa shape index (κ1) is 20.7. The second kappa shape index (κ2) is 7.28. The molecule has 1 amide bonds. The Bertz CT molecular complexity index is 653. The summed E-state index contributed by atoms with van der Waals surface area (Å²) in [5.74, 6) is -2.37. The Kier molecular flexibility index (Phi) is 6.04. The maximum Gasteiger partial charge on any atom is 0.411 e. The average molecular weight is 365 g/mol. The van der Waals surface area contributed by atoms with Crippen molar-refractivity contribution in [1.82, 2.24) is 4.90 Å². The third kappa shape index (κ3) is 6.24. The van der Waals surface area contributed by atoms with Gasteiger partial charge >= 0.3 is 18.2 Å². The summed E-state index contributed by atoms with van der Waals surface area (Å²) < 4.78 is 56.8. The third-order valence-electron chi connectivity index (χ3n) is 3.05. The number of carboxylic acids is 1. The molecule has 1 rings (SSSR count). The van der Waals surface area contributed by atoms with Crippen LogP contribution < -0.4 is 0 Å². The quantitative estimate of drug-likeness (QED) is 0.817. The summed E-state index contributed by atoms with van der Waals surface area (Å²) in [6.45, 7) is 3.84. The van der Waals surface area contributed by atoms with Crippen LogP contribution >= 0.6 is 0 Å². The molecule has 0 bridgehead atoms. The van der Waals surface area contributed by atoms with Crippen LogP contribution in [-0.4, -0.2) is 40.4 Å². The predicted octanol–water partition coefficient (Wildman–Crippen LogP) is 4.06. The minimum absolute atomic E-state index is 0.0772. The van der Waals surface area contributed by atoms with Crippen molar-refractivity contribution in [1.29, 1.82) is 0 Å². The Morgan fingerprint density at radius 1 is 1.24 bits per heavy atom. The Morgan fingerprint density at radius 2 is 1.80 bits per heavy atom. The summed E-state index contributed by atoms with van der Waals surface area (Å²) in [7, 11) is 0. The molecule has 0 aliphatic carbocycles. The number of hydrogen-bond donors (Lipinski definition) is 1. The second-order valence-electron chi connectivity index (χ2n) is 6.47. The Labute approximate surface area is 142 Å². The molecule has 0 radical (unpaired) electrons. The molecule has 0 spiro atoms. The number of carbonyl (C=O) groups is 2. The van der Waals surface area contributed by atoms with Gasteiger partial charge in [0.25, 0.3) is 0 Å². The minimum atomic E-state index is -4.85. The van der Waals surface area contributed by atoms with Crippen molar-refractivity contribution in [3.63, 3.8) is 0 Å². The molecule has 1 unspecified atom stereocenters. The topological polar surface area (TPSA) is 66.8 Å². The number of aliphatic carboxylic acids is 1. The first-order valence-corrected chi connectivity index (χ1v) is 7.26. The molecule has 25 heavy (non-hydrogen) atoms. The fraction of sp³-hybridized carbons (Fsp3) is 0.500. The highest BCUT2D eigenvalue weighted by molar-refractivity contribution is 5.82. The fourth-order valence-corrected chi connectivity index (χ4v) is 2.16. The van der Waals surface area contributed by atoms with Gasteiger partial charge in [0.15, 0.2) is 6.04 Å². The maximum absolute atomic E-state index is 13.2. The van der Waals surface area contributed by atoms with E-state index in [4.69, 9.17) is 4.74 Å². The predicted molar refractivity (Wildman–Crippen MR) is 80.5 cm³/mol. The number of halogens is 4. The van der Waals surface area contributed by atoms with Gasteiger partial charge in [-0.25, -0.2) is 14.0 Å². The van der Waals surface area contributed by atoms with E-state index in [0.717, 1.165) is 18.2 Å². The van der Waals surface area contributed by atoms with E-state index in [1.807, 2.05) is 0 Å². The highest BCUT2D eigenvalue weighted by Gasteiger charge is 2.42. The van der Waals surface area contributed by atoms with Crippen molar-refractivity contribution < 1.29 is 37.0 Å². The Balaban J connectivity index is 3.39. The molecule has 0 aliphatic heterocycles. The first-order valence-electron chi connectivity index (χ1n) is 7.26. The van der Waals surface area contributed by atoms with E-state index in [1.54, 1.807) is 0 Å². The maximum atomic E-state index is 13.2. The number of rotatable bonds is 4. The fourth-order valence-electron chi connectivity index (χ4n) is 2.16. The lowest BCUT2D eigenvalue weighted by atomic mass is 10.00. The third-order valence-corrected chi connectivity index (χ3v) is 3.05. The van der Waals surface area contributed by atoms with Gasteiger partial charge in [-0.2, -0.15) is 13.2 Å². The van der Waals surface area contributed by atoms with Crippen LogP contribution in [0.5, 0.6) is 0 Å². The van der Waals surface area contributed by atoms with E-state index in [-0.39, 0.29) is 16.0 Å². The van der Waals surface area contributed by atoms with Crippen LogP contribution in [0.3, 0.4) is 0 Å². The summed E-state index contributed by atoms with van der Waals surface area (Å²) in [5, 5.41) is 9.42. The molecule has 140 valence electrons. The van der Waals surface area contributed by atoms with Crippen LogP contribution in [0.15, 0.2) is 18.2 Å². The van der Waals surface area contributed by atoms with Crippen molar-refractivity contribution in [2.24, 2.45) is 0 Å². The lowest BCUT2D eigenvalue weighted by Gasteiger charge is -2.32. The number of benzene rings is 1. The number of aryl methyl sites for hydroxylation is 1. The van der Waals surface area contributed by atoms with Gasteiger partial charge in [-0.15, -0.1) is 0 Å². The lowest BCUT2D eigenvalue weighted by molar-refractivity contribution is -0.160. The number of alkyl halides is 3. The number of nitrogens with zero attached hydrogens (tertiary/aromatic N) is 1. The summed E-state index contributed by atoms with van der Waals surface area (Å²) in [5.41, 5.74) is -1.16. The summed E-state index contributed by atoms with van der Waals surface area (Å²) >= 11 is 0. The number of hydrogen-bond acceptors (Lipinski definition) is 3. The van der Waals surface area contributed by atoms with Gasteiger partial charge in [0.1, 0.15) is 18.0 Å². The SMILES string of the molecule is Cc1cc(F)ccc1C(C(=O)O)N(CC(F)(F)F)C(=O)OC(C)(C)C. The van der Waals surface area contributed by atoms with E-state index in [2.05, 4.69) is 0 Å². The molecule has 1 atom stereocenters. The zero-order chi connectivity index (χ0) is 19.6. The number of carbonyl (C=O) groups excluding carboxylic acids is 1. The molecule has 1 aromatic rings. The van der Waals surface area contributed by atoms with Gasteiger partial charge < -0.3 is 9.84 Å². The normalized spacial score (nSPS) is 13.3. The van der Waals surface area contributed by atoms with E-state index in [1.165, 1.54) is 27.7 Å². The smallest absolute Gasteiger partial charge is 0.411 e. The molecule has 9 heteroatoms. The summed E-state index contributed by atoms with van der Waals surface area (Å²) in [6.07, 6.45) is -6.28. The highest BCUT2D eigenvalue weighted by atomic mass is 19.4. The van der Waals surface area contributed by atoms with Gasteiger partial charge in [-0.1, -0.05) is 6.07 Å². The number of ether oxygens (including phenoxy) is 1. The molecule has 0 saturated heterocycles. The molecular weight excluding hydrogens is 346 g/mol. The first-order chi connectivity index (χ1) is 11.2. The molecular formula is C16H19F4NO4. The Morgan fingerprint density at radius 3 is 2.20 bits per heavy atom. The van der Waals surface area contributed by atoms with E-state index in [0.29, 0.717) is 0 Å². The van der Waals surface area contributed by atoms with E-state index >= 15 is 0 Å². The largest absolute Gasteiger partial charge is 0.479 e. The zero-order valence-electron chi connectivity index (χ0n) is 14.1.